The number of aromatic nitrogens is 2. The van der Waals surface area contributed by atoms with Crippen molar-refractivity contribution in [3.63, 3.8) is 0 Å². The molecule has 0 radical (unpaired) electrons. The van der Waals surface area contributed by atoms with E-state index in [0.717, 1.165) is 35.5 Å². The van der Waals surface area contributed by atoms with Crippen LogP contribution in [0.5, 0.6) is 0 Å². The Kier molecular flexibility index (Phi) is 3.75. The SMILES string of the molecule is OCCn1c(-c2ccccc2)nc2cc(N3CCCC3)ccc21. The van der Waals surface area contributed by atoms with Gasteiger partial charge in [0.1, 0.15) is 5.82 Å². The molecule has 0 saturated carbocycles. The van der Waals surface area contributed by atoms with Gasteiger partial charge in [0.2, 0.25) is 0 Å². The maximum Gasteiger partial charge on any atom is 0.141 e. The quantitative estimate of drug-likeness (QED) is 0.804. The number of anilines is 1. The van der Waals surface area contributed by atoms with Crippen molar-refractivity contribution < 1.29 is 5.11 Å². The Bertz CT molecular complexity index is 804. The Morgan fingerprint density at radius 1 is 1.00 bits per heavy atom. The van der Waals surface area contributed by atoms with Crippen LogP contribution in [0.3, 0.4) is 0 Å². The fraction of sp³-hybridized carbons (Fsp3) is 0.316. The number of nitrogens with zero attached hydrogens (tertiary/aromatic N) is 3. The summed E-state index contributed by atoms with van der Waals surface area (Å²) in [6.45, 7) is 2.94. The molecule has 1 aromatic heterocycles. The molecule has 118 valence electrons. The minimum Gasteiger partial charge on any atom is -0.395 e. The standard InChI is InChI=1S/C19H21N3O/c23-13-12-22-18-9-8-16(21-10-4-5-11-21)14-17(18)20-19(22)15-6-2-1-3-7-15/h1-3,6-9,14,23H,4-5,10-13H2. The van der Waals surface area contributed by atoms with Crippen molar-refractivity contribution in [1.29, 1.82) is 0 Å². The van der Waals surface area contributed by atoms with Crippen LogP contribution in [-0.2, 0) is 6.54 Å². The summed E-state index contributed by atoms with van der Waals surface area (Å²) in [4.78, 5) is 7.28. The van der Waals surface area contributed by atoms with Gasteiger partial charge in [-0.1, -0.05) is 30.3 Å². The third-order valence-electron chi connectivity index (χ3n) is 4.56. The van der Waals surface area contributed by atoms with E-state index in [2.05, 4.69) is 39.8 Å². The van der Waals surface area contributed by atoms with Crippen LogP contribution in [0.2, 0.25) is 0 Å². The second kappa shape index (κ2) is 6.05. The lowest BCUT2D eigenvalue weighted by Gasteiger charge is -2.17. The molecular weight excluding hydrogens is 286 g/mol. The van der Waals surface area contributed by atoms with Gasteiger partial charge in [0.15, 0.2) is 0 Å². The van der Waals surface area contributed by atoms with Gasteiger partial charge in [0.25, 0.3) is 0 Å². The van der Waals surface area contributed by atoms with Crippen LogP contribution < -0.4 is 4.90 Å². The number of hydrogen-bond acceptors (Lipinski definition) is 3. The van der Waals surface area contributed by atoms with Crippen molar-refractivity contribution in [2.24, 2.45) is 0 Å². The zero-order valence-corrected chi connectivity index (χ0v) is 13.2. The molecule has 0 atom stereocenters. The van der Waals surface area contributed by atoms with Crippen LogP contribution in [0.25, 0.3) is 22.4 Å². The smallest absolute Gasteiger partial charge is 0.141 e. The first-order valence-electron chi connectivity index (χ1n) is 8.28. The van der Waals surface area contributed by atoms with Crippen molar-refractivity contribution in [3.05, 3.63) is 48.5 Å². The molecule has 0 spiro atoms. The Morgan fingerprint density at radius 3 is 2.52 bits per heavy atom. The van der Waals surface area contributed by atoms with E-state index in [1.54, 1.807) is 0 Å². The Morgan fingerprint density at radius 2 is 1.78 bits per heavy atom. The lowest BCUT2D eigenvalue weighted by Crippen LogP contribution is -2.17. The van der Waals surface area contributed by atoms with Crippen molar-refractivity contribution in [2.45, 2.75) is 19.4 Å². The normalized spacial score (nSPS) is 14.7. The zero-order chi connectivity index (χ0) is 15.6. The van der Waals surface area contributed by atoms with E-state index < -0.39 is 0 Å². The lowest BCUT2D eigenvalue weighted by atomic mass is 10.2. The van der Waals surface area contributed by atoms with Gasteiger partial charge in [0, 0.05) is 30.9 Å². The van der Waals surface area contributed by atoms with Crippen LogP contribution >= 0.6 is 0 Å². The van der Waals surface area contributed by atoms with Gasteiger partial charge < -0.3 is 14.6 Å². The molecule has 4 rings (SSSR count). The molecule has 4 heteroatoms. The third kappa shape index (κ3) is 2.59. The molecule has 0 unspecified atom stereocenters. The number of aliphatic hydroxyl groups is 1. The van der Waals surface area contributed by atoms with Crippen LogP contribution in [0.1, 0.15) is 12.8 Å². The molecule has 3 aromatic rings. The first-order chi connectivity index (χ1) is 11.4. The maximum absolute atomic E-state index is 9.44. The topological polar surface area (TPSA) is 41.3 Å². The summed E-state index contributed by atoms with van der Waals surface area (Å²) in [7, 11) is 0. The highest BCUT2D eigenvalue weighted by atomic mass is 16.3. The van der Waals surface area contributed by atoms with E-state index >= 15 is 0 Å². The summed E-state index contributed by atoms with van der Waals surface area (Å²) in [5, 5.41) is 9.44. The van der Waals surface area contributed by atoms with Crippen LogP contribution in [-0.4, -0.2) is 34.4 Å². The van der Waals surface area contributed by atoms with Crippen molar-refractivity contribution in [1.82, 2.24) is 9.55 Å². The van der Waals surface area contributed by atoms with E-state index in [9.17, 15) is 5.11 Å². The summed E-state index contributed by atoms with van der Waals surface area (Å²) in [5.41, 5.74) is 4.42. The van der Waals surface area contributed by atoms with Gasteiger partial charge in [-0.2, -0.15) is 0 Å². The fourth-order valence-corrected chi connectivity index (χ4v) is 3.42. The first kappa shape index (κ1) is 14.3. The molecule has 4 nitrogen and oxygen atoms in total. The van der Waals surface area contributed by atoms with Gasteiger partial charge in [-0.25, -0.2) is 4.98 Å². The molecule has 1 N–H and O–H groups in total. The number of fused-ring (bicyclic) bond motifs is 1. The van der Waals surface area contributed by atoms with Crippen LogP contribution in [0.4, 0.5) is 5.69 Å². The molecule has 2 aromatic carbocycles. The minimum absolute atomic E-state index is 0.110. The van der Waals surface area contributed by atoms with Crippen LogP contribution in [0, 0.1) is 0 Å². The average Bonchev–Trinajstić information content (AvgIpc) is 3.24. The maximum atomic E-state index is 9.44. The molecule has 0 aliphatic carbocycles. The van der Waals surface area contributed by atoms with Gasteiger partial charge in [-0.15, -0.1) is 0 Å². The van der Waals surface area contributed by atoms with E-state index in [1.807, 2.05) is 18.2 Å². The first-order valence-corrected chi connectivity index (χ1v) is 8.28. The molecular formula is C19H21N3O. The van der Waals surface area contributed by atoms with Gasteiger partial charge in [-0.05, 0) is 31.0 Å². The summed E-state index contributed by atoms with van der Waals surface area (Å²) in [6.07, 6.45) is 2.54. The highest BCUT2D eigenvalue weighted by molar-refractivity contribution is 5.84. The third-order valence-corrected chi connectivity index (χ3v) is 4.56. The van der Waals surface area contributed by atoms with E-state index in [4.69, 9.17) is 4.98 Å². The van der Waals surface area contributed by atoms with Crippen molar-refractivity contribution >= 4 is 16.7 Å². The molecule has 23 heavy (non-hydrogen) atoms. The molecule has 2 heterocycles. The predicted octanol–water partition coefficient (Wildman–Crippen LogP) is 3.30. The Balaban J connectivity index is 1.84. The second-order valence-corrected chi connectivity index (χ2v) is 6.04. The molecule has 1 saturated heterocycles. The van der Waals surface area contributed by atoms with E-state index in [1.165, 1.54) is 18.5 Å². The van der Waals surface area contributed by atoms with Gasteiger partial charge >= 0.3 is 0 Å². The second-order valence-electron chi connectivity index (χ2n) is 6.04. The molecule has 1 fully saturated rings. The van der Waals surface area contributed by atoms with E-state index in [-0.39, 0.29) is 6.61 Å². The summed E-state index contributed by atoms with van der Waals surface area (Å²) >= 11 is 0. The zero-order valence-electron chi connectivity index (χ0n) is 13.2. The fourth-order valence-electron chi connectivity index (χ4n) is 3.42. The number of aliphatic hydroxyl groups excluding tert-OH is 1. The summed E-state index contributed by atoms with van der Waals surface area (Å²) in [6, 6.07) is 16.7. The van der Waals surface area contributed by atoms with Crippen molar-refractivity contribution in [3.8, 4) is 11.4 Å². The molecule has 1 aliphatic rings. The summed E-state index contributed by atoms with van der Waals surface area (Å²) < 4.78 is 2.11. The number of imidazole rings is 1. The minimum atomic E-state index is 0.110. The average molecular weight is 307 g/mol. The van der Waals surface area contributed by atoms with Gasteiger partial charge in [0.05, 0.1) is 17.6 Å². The Hall–Kier alpha value is -2.33. The molecule has 0 amide bonds. The monoisotopic (exact) mass is 307 g/mol. The van der Waals surface area contributed by atoms with Crippen molar-refractivity contribution in [2.75, 3.05) is 24.6 Å². The predicted molar refractivity (Wildman–Crippen MR) is 93.7 cm³/mol. The number of benzene rings is 2. The lowest BCUT2D eigenvalue weighted by molar-refractivity contribution is 0.278. The largest absolute Gasteiger partial charge is 0.395 e. The number of hydrogen-bond donors (Lipinski definition) is 1. The highest BCUT2D eigenvalue weighted by Gasteiger charge is 2.16. The Labute approximate surface area is 136 Å². The highest BCUT2D eigenvalue weighted by Crippen LogP contribution is 2.29. The van der Waals surface area contributed by atoms with Crippen LogP contribution in [0.15, 0.2) is 48.5 Å². The van der Waals surface area contributed by atoms with E-state index in [0.29, 0.717) is 6.54 Å². The van der Waals surface area contributed by atoms with Gasteiger partial charge in [-0.3, -0.25) is 0 Å². The number of rotatable bonds is 4. The summed E-state index contributed by atoms with van der Waals surface area (Å²) in [5.74, 6) is 0.924. The molecule has 0 bridgehead atoms. The molecule has 1 aliphatic heterocycles.